The first-order chi connectivity index (χ1) is 11.3. The smallest absolute Gasteiger partial charge is 0.222 e. The van der Waals surface area contributed by atoms with E-state index in [0.717, 1.165) is 25.9 Å². The van der Waals surface area contributed by atoms with Crippen molar-refractivity contribution in [2.45, 2.75) is 103 Å². The molecule has 1 saturated heterocycles. The van der Waals surface area contributed by atoms with Gasteiger partial charge in [-0.1, -0.05) is 70.3 Å². The minimum atomic E-state index is 0.409. The summed E-state index contributed by atoms with van der Waals surface area (Å²) in [6.07, 6.45) is 22.2. The Morgan fingerprint density at radius 2 is 1.22 bits per heavy atom. The van der Waals surface area contributed by atoms with Crippen molar-refractivity contribution in [3.63, 3.8) is 0 Å². The van der Waals surface area contributed by atoms with Gasteiger partial charge in [0.1, 0.15) is 0 Å². The van der Waals surface area contributed by atoms with E-state index in [9.17, 15) is 4.79 Å². The Morgan fingerprint density at radius 1 is 0.739 bits per heavy atom. The van der Waals surface area contributed by atoms with Gasteiger partial charge < -0.3 is 4.90 Å². The molecule has 1 heterocycles. The molecule has 1 aliphatic rings. The van der Waals surface area contributed by atoms with Gasteiger partial charge in [-0.2, -0.15) is 0 Å². The maximum atomic E-state index is 12.2. The van der Waals surface area contributed by atoms with Crippen molar-refractivity contribution in [3.8, 4) is 0 Å². The zero-order valence-electron chi connectivity index (χ0n) is 15.4. The third-order valence-electron chi connectivity index (χ3n) is 5.01. The number of rotatable bonds is 13. The van der Waals surface area contributed by atoms with Crippen LogP contribution in [0.25, 0.3) is 0 Å². The third kappa shape index (κ3) is 11.4. The first-order valence-corrected chi connectivity index (χ1v) is 10.2. The molecule has 0 unspecified atom stereocenters. The van der Waals surface area contributed by atoms with E-state index in [4.69, 9.17) is 0 Å². The Morgan fingerprint density at radius 3 is 1.74 bits per heavy atom. The van der Waals surface area contributed by atoms with Gasteiger partial charge in [0.25, 0.3) is 0 Å². The van der Waals surface area contributed by atoms with Crippen LogP contribution >= 0.6 is 0 Å². The fraction of sp³-hybridized carbons (Fsp3) is 0.857. The fourth-order valence-corrected chi connectivity index (χ4v) is 3.46. The zero-order chi connectivity index (χ0) is 16.6. The zero-order valence-corrected chi connectivity index (χ0v) is 15.4. The molecule has 0 aliphatic carbocycles. The monoisotopic (exact) mass is 321 g/mol. The van der Waals surface area contributed by atoms with Gasteiger partial charge in [0.05, 0.1) is 0 Å². The van der Waals surface area contributed by atoms with E-state index in [-0.39, 0.29) is 0 Å². The summed E-state index contributed by atoms with van der Waals surface area (Å²) in [4.78, 5) is 14.3. The second kappa shape index (κ2) is 14.8. The molecule has 0 spiro atoms. The third-order valence-corrected chi connectivity index (χ3v) is 5.01. The number of likely N-dealkylation sites (tertiary alicyclic amines) is 1. The number of allylic oxidation sites excluding steroid dienone is 1. The lowest BCUT2D eigenvalue weighted by atomic mass is 10.0. The standard InChI is InChI=1S/C21H39NO/c1-2-3-4-5-6-7-8-9-10-11-12-15-18-21(23)22-19-16-13-14-17-20-22/h2H,1,3-20H2. The number of amides is 1. The molecule has 0 aromatic carbocycles. The van der Waals surface area contributed by atoms with Crippen molar-refractivity contribution in [2.75, 3.05) is 13.1 Å². The normalized spacial score (nSPS) is 15.4. The molecule has 23 heavy (non-hydrogen) atoms. The highest BCUT2D eigenvalue weighted by Gasteiger charge is 2.14. The van der Waals surface area contributed by atoms with Gasteiger partial charge in [-0.05, 0) is 32.1 Å². The highest BCUT2D eigenvalue weighted by atomic mass is 16.2. The van der Waals surface area contributed by atoms with Gasteiger partial charge in [-0.25, -0.2) is 0 Å². The lowest BCUT2D eigenvalue weighted by Crippen LogP contribution is -2.31. The molecule has 1 aliphatic heterocycles. The number of unbranched alkanes of at least 4 members (excludes halogenated alkanes) is 10. The van der Waals surface area contributed by atoms with Gasteiger partial charge in [-0.15, -0.1) is 6.58 Å². The molecule has 0 aromatic heterocycles. The molecular formula is C21H39NO. The van der Waals surface area contributed by atoms with Gasteiger partial charge in [0.2, 0.25) is 5.91 Å². The van der Waals surface area contributed by atoms with Crippen LogP contribution in [0.15, 0.2) is 12.7 Å². The van der Waals surface area contributed by atoms with Crippen LogP contribution in [-0.2, 0) is 4.79 Å². The van der Waals surface area contributed by atoms with Gasteiger partial charge in [0.15, 0.2) is 0 Å². The van der Waals surface area contributed by atoms with Crippen LogP contribution < -0.4 is 0 Å². The summed E-state index contributed by atoms with van der Waals surface area (Å²) in [6.45, 7) is 5.77. The molecule has 0 bridgehead atoms. The van der Waals surface area contributed by atoms with Crippen molar-refractivity contribution < 1.29 is 4.79 Å². The van der Waals surface area contributed by atoms with Gasteiger partial charge in [0, 0.05) is 19.5 Å². The van der Waals surface area contributed by atoms with E-state index < -0.39 is 0 Å². The SMILES string of the molecule is C=CCCCCCCCCCCCCC(=O)N1CCCCCC1. The topological polar surface area (TPSA) is 20.3 Å². The largest absolute Gasteiger partial charge is 0.343 e. The highest BCUT2D eigenvalue weighted by molar-refractivity contribution is 5.76. The van der Waals surface area contributed by atoms with Crippen LogP contribution in [0.1, 0.15) is 103 Å². The second-order valence-corrected chi connectivity index (χ2v) is 7.16. The van der Waals surface area contributed by atoms with Crippen LogP contribution in [0.5, 0.6) is 0 Å². The second-order valence-electron chi connectivity index (χ2n) is 7.16. The molecule has 1 rings (SSSR count). The molecule has 0 atom stereocenters. The summed E-state index contributed by atoms with van der Waals surface area (Å²) in [7, 11) is 0. The molecule has 0 aromatic rings. The van der Waals surface area contributed by atoms with E-state index in [1.54, 1.807) is 0 Å². The lowest BCUT2D eigenvalue weighted by molar-refractivity contribution is -0.131. The first kappa shape index (κ1) is 20.3. The molecule has 0 radical (unpaired) electrons. The molecular weight excluding hydrogens is 282 g/mol. The summed E-state index contributed by atoms with van der Waals surface area (Å²) in [6, 6.07) is 0. The summed E-state index contributed by atoms with van der Waals surface area (Å²) in [5.41, 5.74) is 0. The lowest BCUT2D eigenvalue weighted by Gasteiger charge is -2.20. The van der Waals surface area contributed by atoms with E-state index in [1.165, 1.54) is 89.9 Å². The predicted molar refractivity (Wildman–Crippen MR) is 101 cm³/mol. The molecule has 0 N–H and O–H groups in total. The maximum absolute atomic E-state index is 12.2. The van der Waals surface area contributed by atoms with Crippen molar-refractivity contribution in [2.24, 2.45) is 0 Å². The van der Waals surface area contributed by atoms with Crippen LogP contribution in [0.4, 0.5) is 0 Å². The van der Waals surface area contributed by atoms with Crippen molar-refractivity contribution in [1.29, 1.82) is 0 Å². The van der Waals surface area contributed by atoms with Crippen molar-refractivity contribution in [3.05, 3.63) is 12.7 Å². The fourth-order valence-electron chi connectivity index (χ4n) is 3.46. The Labute approximate surface area is 144 Å². The predicted octanol–water partition coefficient (Wildman–Crippen LogP) is 6.26. The first-order valence-electron chi connectivity index (χ1n) is 10.2. The average molecular weight is 322 g/mol. The van der Waals surface area contributed by atoms with Crippen LogP contribution in [0.3, 0.4) is 0 Å². The Hall–Kier alpha value is -0.790. The molecule has 1 amide bonds. The van der Waals surface area contributed by atoms with Gasteiger partial charge >= 0.3 is 0 Å². The Balaban J connectivity index is 1.83. The molecule has 2 nitrogen and oxygen atoms in total. The van der Waals surface area contributed by atoms with E-state index in [1.807, 2.05) is 6.08 Å². The Bertz CT molecular complexity index is 292. The molecule has 1 fully saturated rings. The highest BCUT2D eigenvalue weighted by Crippen LogP contribution is 2.14. The minimum absolute atomic E-state index is 0.409. The van der Waals surface area contributed by atoms with E-state index >= 15 is 0 Å². The van der Waals surface area contributed by atoms with Crippen LogP contribution in [0.2, 0.25) is 0 Å². The summed E-state index contributed by atoms with van der Waals surface area (Å²) in [5.74, 6) is 0.409. The number of nitrogens with zero attached hydrogens (tertiary/aromatic N) is 1. The summed E-state index contributed by atoms with van der Waals surface area (Å²) in [5, 5.41) is 0. The number of hydrogen-bond acceptors (Lipinski definition) is 1. The number of carbonyl (C=O) groups excluding carboxylic acids is 1. The summed E-state index contributed by atoms with van der Waals surface area (Å²) >= 11 is 0. The number of hydrogen-bond donors (Lipinski definition) is 0. The quantitative estimate of drug-likeness (QED) is 0.290. The van der Waals surface area contributed by atoms with Gasteiger partial charge in [-0.3, -0.25) is 4.79 Å². The molecule has 0 saturated carbocycles. The van der Waals surface area contributed by atoms with Crippen LogP contribution in [0, 0.1) is 0 Å². The van der Waals surface area contributed by atoms with Crippen LogP contribution in [-0.4, -0.2) is 23.9 Å². The van der Waals surface area contributed by atoms with Crippen molar-refractivity contribution >= 4 is 5.91 Å². The molecule has 134 valence electrons. The number of carbonyl (C=O) groups is 1. The average Bonchev–Trinajstić information content (AvgIpc) is 2.85. The van der Waals surface area contributed by atoms with E-state index in [0.29, 0.717) is 5.91 Å². The minimum Gasteiger partial charge on any atom is -0.343 e. The van der Waals surface area contributed by atoms with E-state index in [2.05, 4.69) is 11.5 Å². The maximum Gasteiger partial charge on any atom is 0.222 e. The molecule has 2 heteroatoms. The van der Waals surface area contributed by atoms with Crippen molar-refractivity contribution in [1.82, 2.24) is 4.90 Å². The summed E-state index contributed by atoms with van der Waals surface area (Å²) < 4.78 is 0. The Kier molecular flexibility index (Phi) is 13.0.